The number of aromatic hydroxyl groups is 2. The zero-order valence-corrected chi connectivity index (χ0v) is 32.2. The molecule has 0 bridgehead atoms. The Hall–Kier alpha value is -4.88. The van der Waals surface area contributed by atoms with Crippen molar-refractivity contribution in [3.8, 4) is 11.5 Å². The van der Waals surface area contributed by atoms with E-state index in [0.29, 0.717) is 32.4 Å². The summed E-state index contributed by atoms with van der Waals surface area (Å²) in [6.45, 7) is 4.22. The highest BCUT2D eigenvalue weighted by atomic mass is 16.7. The first kappa shape index (κ1) is 39.9. The fourth-order valence-electron chi connectivity index (χ4n) is 9.16. The number of hydrogen-bond donors (Lipinski definition) is 4. The van der Waals surface area contributed by atoms with E-state index in [1.807, 2.05) is 6.92 Å². The molecule has 8 rings (SSSR count). The molecule has 4 aliphatic heterocycles. The Kier molecular flexibility index (Phi) is 10.6. The van der Waals surface area contributed by atoms with Gasteiger partial charge in [-0.1, -0.05) is 18.6 Å². The third-order valence-corrected chi connectivity index (χ3v) is 12.1. The quantitative estimate of drug-likeness (QED) is 0.124. The summed E-state index contributed by atoms with van der Waals surface area (Å²) in [7, 11) is 1.53. The lowest BCUT2D eigenvalue weighted by molar-refractivity contribution is -0.256. The van der Waals surface area contributed by atoms with E-state index in [1.165, 1.54) is 44.4 Å². The van der Waals surface area contributed by atoms with E-state index in [1.54, 1.807) is 0 Å². The number of methoxy groups -OCH3 is 1. The molecule has 0 saturated carbocycles. The van der Waals surface area contributed by atoms with E-state index in [0.717, 1.165) is 4.90 Å². The maximum atomic E-state index is 14.4. The average molecular weight is 804 g/mol. The van der Waals surface area contributed by atoms with Gasteiger partial charge in [0.2, 0.25) is 5.91 Å². The number of nitrogens with one attached hydrogen (secondary N) is 1. The summed E-state index contributed by atoms with van der Waals surface area (Å²) < 4.78 is 30.3. The summed E-state index contributed by atoms with van der Waals surface area (Å²) in [6.07, 6.45) is -0.806. The molecule has 58 heavy (non-hydrogen) atoms. The van der Waals surface area contributed by atoms with Crippen LogP contribution in [-0.4, -0.2) is 130 Å². The lowest BCUT2D eigenvalue weighted by Gasteiger charge is -2.43. The van der Waals surface area contributed by atoms with Crippen LogP contribution in [0.25, 0.3) is 0 Å². The predicted octanol–water partition coefficient (Wildman–Crippen LogP) is 2.15. The highest BCUT2D eigenvalue weighted by molar-refractivity contribution is 6.32. The summed E-state index contributed by atoms with van der Waals surface area (Å²) in [5, 5.41) is 38.2. The number of nitrogens with zero attached hydrogens (tertiary/aromatic N) is 2. The Morgan fingerprint density at radius 1 is 0.983 bits per heavy atom. The average Bonchev–Trinajstić information content (AvgIpc) is 3.73. The van der Waals surface area contributed by atoms with Crippen molar-refractivity contribution in [2.24, 2.45) is 0 Å². The molecule has 2 aromatic rings. The van der Waals surface area contributed by atoms with Crippen LogP contribution in [0, 0.1) is 0 Å². The van der Waals surface area contributed by atoms with Crippen molar-refractivity contribution >= 4 is 40.8 Å². The van der Waals surface area contributed by atoms with Crippen LogP contribution in [0.2, 0.25) is 0 Å². The van der Waals surface area contributed by atoms with Gasteiger partial charge in [-0.2, -0.15) is 0 Å². The third-order valence-electron chi connectivity index (χ3n) is 12.1. The highest BCUT2D eigenvalue weighted by Crippen LogP contribution is 2.53. The molecule has 3 saturated heterocycles. The number of aliphatic hydroxyl groups is 1. The minimum Gasteiger partial charge on any atom is -0.507 e. The predicted molar refractivity (Wildman–Crippen MR) is 199 cm³/mol. The number of amides is 3. The van der Waals surface area contributed by atoms with Crippen LogP contribution in [-0.2, 0) is 49.3 Å². The van der Waals surface area contributed by atoms with Crippen molar-refractivity contribution in [1.82, 2.24) is 9.80 Å². The molecule has 0 radical (unpaired) electrons. The monoisotopic (exact) mass is 803 g/mol. The molecule has 6 aliphatic rings. The maximum absolute atomic E-state index is 14.4. The number of ether oxygens (including phenoxy) is 5. The van der Waals surface area contributed by atoms with Crippen molar-refractivity contribution in [1.29, 1.82) is 0 Å². The Morgan fingerprint density at radius 2 is 1.72 bits per heavy atom. The Labute approximate surface area is 332 Å². The van der Waals surface area contributed by atoms with Gasteiger partial charge in [0.05, 0.1) is 41.2 Å². The number of unbranched alkanes of at least 4 members (excludes halogenated alkanes) is 2. The molecule has 4 heterocycles. The molecule has 0 aromatic heterocycles. The van der Waals surface area contributed by atoms with Gasteiger partial charge in [-0.15, -0.1) is 0 Å². The highest BCUT2D eigenvalue weighted by Gasteiger charge is 2.55. The lowest BCUT2D eigenvalue weighted by atomic mass is 9.72. The number of morpholine rings is 1. The molecular formula is C41H45N3O14. The van der Waals surface area contributed by atoms with Gasteiger partial charge >= 0.3 is 0 Å². The first-order valence-corrected chi connectivity index (χ1v) is 19.5. The molecule has 3 fully saturated rings. The minimum absolute atomic E-state index is 0.0243. The van der Waals surface area contributed by atoms with Crippen LogP contribution in [0.4, 0.5) is 5.69 Å². The van der Waals surface area contributed by atoms with Crippen LogP contribution >= 0.6 is 0 Å². The van der Waals surface area contributed by atoms with E-state index in [2.05, 4.69) is 10.2 Å². The van der Waals surface area contributed by atoms with Gasteiger partial charge in [0, 0.05) is 80.8 Å². The molecule has 0 spiro atoms. The second-order valence-corrected chi connectivity index (χ2v) is 15.6. The summed E-state index contributed by atoms with van der Waals surface area (Å²) in [4.78, 5) is 81.4. The molecule has 0 unspecified atom stereocenters. The molecule has 4 N–H and O–H groups in total. The number of fused-ring (bicyclic) bond motifs is 6. The molecule has 308 valence electrons. The van der Waals surface area contributed by atoms with Crippen LogP contribution in [0.1, 0.15) is 101 Å². The summed E-state index contributed by atoms with van der Waals surface area (Å²) >= 11 is 0. The van der Waals surface area contributed by atoms with Crippen molar-refractivity contribution < 1.29 is 67.8 Å². The maximum Gasteiger partial charge on any atom is 0.253 e. The van der Waals surface area contributed by atoms with Gasteiger partial charge in [-0.25, -0.2) is 0 Å². The van der Waals surface area contributed by atoms with Crippen LogP contribution < -0.4 is 5.32 Å². The number of carbonyl (C=O) groups is 6. The minimum atomic E-state index is -2.06. The fraction of sp³-hybridized carbons (Fsp3) is 0.512. The Bertz CT molecular complexity index is 2120. The number of benzene rings is 2. The largest absolute Gasteiger partial charge is 0.507 e. The van der Waals surface area contributed by atoms with Crippen LogP contribution in [0.15, 0.2) is 30.4 Å². The van der Waals surface area contributed by atoms with Gasteiger partial charge in [0.15, 0.2) is 36.2 Å². The van der Waals surface area contributed by atoms with Crippen molar-refractivity contribution in [3.63, 3.8) is 0 Å². The normalized spacial score (nSPS) is 30.1. The summed E-state index contributed by atoms with van der Waals surface area (Å²) in [5.41, 5.74) is -3.51. The van der Waals surface area contributed by atoms with E-state index < -0.39 is 88.9 Å². The molecule has 2 aliphatic carbocycles. The molecule has 17 nitrogen and oxygen atoms in total. The van der Waals surface area contributed by atoms with E-state index in [4.69, 9.17) is 23.7 Å². The zero-order valence-electron chi connectivity index (χ0n) is 32.2. The summed E-state index contributed by atoms with van der Waals surface area (Å²) in [5.74, 6) is -4.82. The van der Waals surface area contributed by atoms with Crippen molar-refractivity contribution in [3.05, 3.63) is 63.7 Å². The van der Waals surface area contributed by atoms with Crippen LogP contribution in [0.5, 0.6) is 11.5 Å². The number of hydrogen-bond acceptors (Lipinski definition) is 15. The van der Waals surface area contributed by atoms with Crippen molar-refractivity contribution in [2.45, 2.75) is 108 Å². The first-order chi connectivity index (χ1) is 27.7. The number of ketones is 3. The number of imide groups is 1. The fourth-order valence-corrected chi connectivity index (χ4v) is 9.16. The standard InChI is InChI=1S/C41H45N3O14/c1-19-38-24(43-14-15-55-40(54-3)39(43)58-38)16-29(56-19)57-25-18-41(53,20(2)45)17-22-31(25)37(52)33-32(35(22)50)34(49)21-8-7-9-23(30(21)36(33)51)42-26(46)10-5-4-6-13-44-27(47)11-12-28(44)48/h7-9,11-12,19,24-25,29,38-40,50,52-53H,4-6,10,13-18H2,1-3H3,(H,42,46)/t19-,24-,25-,29-,38+,39+,40-,41-/m0/s1. The smallest absolute Gasteiger partial charge is 0.253 e. The van der Waals surface area contributed by atoms with E-state index >= 15 is 0 Å². The third kappa shape index (κ3) is 6.73. The number of rotatable bonds is 11. The van der Waals surface area contributed by atoms with Gasteiger partial charge in [-0.3, -0.25) is 38.6 Å². The number of anilines is 1. The first-order valence-electron chi connectivity index (χ1n) is 19.5. The molecular weight excluding hydrogens is 758 g/mol. The van der Waals surface area contributed by atoms with E-state index in [-0.39, 0.29) is 77.7 Å². The molecule has 8 atom stereocenters. The van der Waals surface area contributed by atoms with Gasteiger partial charge in [-0.05, 0) is 32.8 Å². The second-order valence-electron chi connectivity index (χ2n) is 15.6. The number of carbonyl (C=O) groups excluding carboxylic acids is 6. The Morgan fingerprint density at radius 3 is 2.45 bits per heavy atom. The Balaban J connectivity index is 1.05. The van der Waals surface area contributed by atoms with Gasteiger partial charge < -0.3 is 44.3 Å². The van der Waals surface area contributed by atoms with Crippen molar-refractivity contribution in [2.75, 3.05) is 32.1 Å². The second kappa shape index (κ2) is 15.4. The SMILES string of the molecule is CO[C@H]1OCCN2[C@@H]1O[C@@H]1[C@H](C)O[C@@H](O[C@H]3C[C@](O)(C(C)=O)Cc4c(O)c5c(c(O)c43)C(=O)c3c(NC(=O)CCCCCN4C(=O)C=CC4=O)cccc3C5=O)C[C@@H]12. The van der Waals surface area contributed by atoms with Gasteiger partial charge in [0.25, 0.3) is 11.8 Å². The van der Waals surface area contributed by atoms with E-state index in [9.17, 15) is 44.1 Å². The summed E-state index contributed by atoms with van der Waals surface area (Å²) in [6, 6.07) is 4.10. The lowest BCUT2D eigenvalue weighted by Crippen LogP contribution is -2.55. The van der Waals surface area contributed by atoms with Gasteiger partial charge in [0.1, 0.15) is 23.2 Å². The number of phenols is 2. The topological polar surface area (TPSA) is 228 Å². The van der Waals surface area contributed by atoms with Crippen LogP contribution in [0.3, 0.4) is 0 Å². The number of Topliss-reactive ketones (excluding diaryl/α,β-unsaturated/α-hetero) is 1. The zero-order chi connectivity index (χ0) is 41.2. The molecule has 17 heteroatoms. The number of phenolic OH excluding ortho intramolecular Hbond substituents is 2. The molecule has 2 aromatic carbocycles. The molecule has 3 amide bonds.